The molecular formula is C19H23F3N2. The van der Waals surface area contributed by atoms with Crippen molar-refractivity contribution in [1.82, 2.24) is 9.88 Å². The van der Waals surface area contributed by atoms with Gasteiger partial charge in [0.25, 0.3) is 0 Å². The van der Waals surface area contributed by atoms with E-state index in [0.717, 1.165) is 37.1 Å². The van der Waals surface area contributed by atoms with E-state index in [-0.39, 0.29) is 6.04 Å². The zero-order valence-electron chi connectivity index (χ0n) is 14.3. The summed E-state index contributed by atoms with van der Waals surface area (Å²) in [5.41, 5.74) is 1.70. The molecule has 0 saturated heterocycles. The van der Waals surface area contributed by atoms with Crippen molar-refractivity contribution in [3.8, 4) is 11.3 Å². The maximum absolute atomic E-state index is 12.7. The summed E-state index contributed by atoms with van der Waals surface area (Å²) in [4.78, 5) is 6.82. The number of aromatic nitrogens is 1. The lowest BCUT2D eigenvalue weighted by Gasteiger charge is -2.24. The first-order chi connectivity index (χ1) is 11.3. The van der Waals surface area contributed by atoms with Crippen molar-refractivity contribution in [1.29, 1.82) is 0 Å². The highest BCUT2D eigenvalue weighted by atomic mass is 19.4. The molecule has 24 heavy (non-hydrogen) atoms. The van der Waals surface area contributed by atoms with Gasteiger partial charge >= 0.3 is 6.18 Å². The minimum Gasteiger partial charge on any atom is -0.301 e. The van der Waals surface area contributed by atoms with Crippen molar-refractivity contribution in [2.75, 3.05) is 14.1 Å². The van der Waals surface area contributed by atoms with Crippen LogP contribution in [0.4, 0.5) is 13.2 Å². The van der Waals surface area contributed by atoms with E-state index in [1.165, 1.54) is 12.1 Å². The minimum absolute atomic E-state index is 0.208. The van der Waals surface area contributed by atoms with Crippen molar-refractivity contribution in [2.24, 2.45) is 0 Å². The Labute approximate surface area is 141 Å². The fourth-order valence-electron chi connectivity index (χ4n) is 2.70. The number of nitrogens with zero attached hydrogens (tertiary/aromatic N) is 2. The van der Waals surface area contributed by atoms with Crippen LogP contribution in [0.25, 0.3) is 11.3 Å². The molecule has 0 spiro atoms. The molecule has 2 aromatic rings. The summed E-state index contributed by atoms with van der Waals surface area (Å²) in [6.45, 7) is 2.15. The highest BCUT2D eigenvalue weighted by Crippen LogP contribution is 2.31. The van der Waals surface area contributed by atoms with E-state index in [4.69, 9.17) is 0 Å². The Kier molecular flexibility index (Phi) is 5.99. The van der Waals surface area contributed by atoms with E-state index in [9.17, 15) is 13.2 Å². The maximum Gasteiger partial charge on any atom is 0.416 e. The van der Waals surface area contributed by atoms with Crippen LogP contribution in [-0.4, -0.2) is 24.0 Å². The van der Waals surface area contributed by atoms with Crippen molar-refractivity contribution < 1.29 is 13.2 Å². The van der Waals surface area contributed by atoms with Crippen LogP contribution >= 0.6 is 0 Å². The molecule has 1 unspecified atom stereocenters. The first kappa shape index (κ1) is 18.5. The van der Waals surface area contributed by atoms with Crippen LogP contribution in [0.3, 0.4) is 0 Å². The summed E-state index contributed by atoms with van der Waals surface area (Å²) in [6, 6.07) is 11.1. The lowest BCUT2D eigenvalue weighted by molar-refractivity contribution is -0.137. The van der Waals surface area contributed by atoms with Gasteiger partial charge in [-0.05, 0) is 44.8 Å². The summed E-state index contributed by atoms with van der Waals surface area (Å²) >= 11 is 0. The molecule has 0 radical (unpaired) electrons. The monoisotopic (exact) mass is 336 g/mol. The van der Waals surface area contributed by atoms with Crippen LogP contribution in [0.5, 0.6) is 0 Å². The topological polar surface area (TPSA) is 16.1 Å². The lowest BCUT2D eigenvalue weighted by Crippen LogP contribution is -2.21. The predicted octanol–water partition coefficient (Wildman–Crippen LogP) is 5.56. The van der Waals surface area contributed by atoms with Crippen molar-refractivity contribution in [3.63, 3.8) is 0 Å². The van der Waals surface area contributed by atoms with Gasteiger partial charge in [-0.15, -0.1) is 0 Å². The van der Waals surface area contributed by atoms with Crippen LogP contribution in [0.15, 0.2) is 42.5 Å². The van der Waals surface area contributed by atoms with E-state index < -0.39 is 11.7 Å². The van der Waals surface area contributed by atoms with Crippen LogP contribution in [0, 0.1) is 0 Å². The van der Waals surface area contributed by atoms with Crippen molar-refractivity contribution in [3.05, 3.63) is 53.7 Å². The molecule has 0 aliphatic carbocycles. The zero-order chi connectivity index (χ0) is 17.7. The Morgan fingerprint density at radius 1 is 1.04 bits per heavy atom. The van der Waals surface area contributed by atoms with Gasteiger partial charge in [-0.25, -0.2) is 0 Å². The molecule has 1 heterocycles. The molecule has 0 saturated carbocycles. The Bertz CT molecular complexity index is 648. The molecule has 0 aliphatic heterocycles. The van der Waals surface area contributed by atoms with Crippen molar-refractivity contribution >= 4 is 0 Å². The normalized spacial score (nSPS) is 13.3. The first-order valence-electron chi connectivity index (χ1n) is 8.14. The highest BCUT2D eigenvalue weighted by molar-refractivity contribution is 5.59. The number of benzene rings is 1. The number of unbranched alkanes of at least 4 members (excludes halogenated alkanes) is 1. The second-order valence-corrected chi connectivity index (χ2v) is 6.14. The lowest BCUT2D eigenvalue weighted by atomic mass is 10.0. The largest absolute Gasteiger partial charge is 0.416 e. The fourth-order valence-corrected chi connectivity index (χ4v) is 2.70. The third-order valence-corrected chi connectivity index (χ3v) is 4.07. The van der Waals surface area contributed by atoms with E-state index >= 15 is 0 Å². The van der Waals surface area contributed by atoms with Crippen LogP contribution < -0.4 is 0 Å². The number of hydrogen-bond acceptors (Lipinski definition) is 2. The molecule has 0 aliphatic rings. The maximum atomic E-state index is 12.7. The van der Waals surface area contributed by atoms with Gasteiger partial charge in [-0.1, -0.05) is 38.0 Å². The van der Waals surface area contributed by atoms with E-state index in [1.807, 2.05) is 32.3 Å². The molecule has 1 aromatic heterocycles. The number of alkyl halides is 3. The number of hydrogen-bond donors (Lipinski definition) is 0. The van der Waals surface area contributed by atoms with Crippen LogP contribution in [-0.2, 0) is 6.18 Å². The summed E-state index contributed by atoms with van der Waals surface area (Å²) in [7, 11) is 4.04. The molecular weight excluding hydrogens is 313 g/mol. The summed E-state index contributed by atoms with van der Waals surface area (Å²) in [5.74, 6) is 0. The molecule has 1 aromatic carbocycles. The summed E-state index contributed by atoms with van der Waals surface area (Å²) in [5, 5.41) is 0. The smallest absolute Gasteiger partial charge is 0.301 e. The van der Waals surface area contributed by atoms with Gasteiger partial charge < -0.3 is 4.90 Å². The Morgan fingerprint density at radius 3 is 2.25 bits per heavy atom. The number of pyridine rings is 1. The van der Waals surface area contributed by atoms with Gasteiger partial charge in [0.05, 0.1) is 23.0 Å². The van der Waals surface area contributed by atoms with Gasteiger partial charge in [-0.3, -0.25) is 4.98 Å². The standard InChI is InChI=1S/C19H23F3N2/c1-4-5-9-18(24(2)3)17-8-6-7-16(23-17)14-10-12-15(13-11-14)19(20,21)22/h6-8,10-13,18H,4-5,9H2,1-3H3. The van der Waals surface area contributed by atoms with E-state index in [0.29, 0.717) is 11.3 Å². The highest BCUT2D eigenvalue weighted by Gasteiger charge is 2.30. The van der Waals surface area contributed by atoms with Crippen LogP contribution in [0.2, 0.25) is 0 Å². The average Bonchev–Trinajstić information content (AvgIpc) is 2.54. The van der Waals surface area contributed by atoms with E-state index in [2.05, 4.69) is 16.8 Å². The van der Waals surface area contributed by atoms with Crippen molar-refractivity contribution in [2.45, 2.75) is 38.4 Å². The van der Waals surface area contributed by atoms with E-state index in [1.54, 1.807) is 0 Å². The molecule has 2 rings (SSSR count). The predicted molar refractivity (Wildman–Crippen MR) is 90.6 cm³/mol. The number of rotatable bonds is 6. The fraction of sp³-hybridized carbons (Fsp3) is 0.421. The Hall–Kier alpha value is -1.88. The number of halogens is 3. The van der Waals surface area contributed by atoms with Gasteiger partial charge in [0, 0.05) is 5.56 Å². The molecule has 5 heteroatoms. The molecule has 2 nitrogen and oxygen atoms in total. The summed E-state index contributed by atoms with van der Waals surface area (Å²) in [6.07, 6.45) is -1.09. The third kappa shape index (κ3) is 4.57. The van der Waals surface area contributed by atoms with Gasteiger partial charge in [0.1, 0.15) is 0 Å². The minimum atomic E-state index is -4.32. The van der Waals surface area contributed by atoms with Gasteiger partial charge in [-0.2, -0.15) is 13.2 Å². The Balaban J connectivity index is 2.29. The second kappa shape index (κ2) is 7.79. The molecule has 1 atom stereocenters. The average molecular weight is 336 g/mol. The van der Waals surface area contributed by atoms with Gasteiger partial charge in [0.15, 0.2) is 0 Å². The molecule has 0 amide bonds. The SMILES string of the molecule is CCCCC(c1cccc(-c2ccc(C(F)(F)F)cc2)n1)N(C)C. The van der Waals surface area contributed by atoms with Gasteiger partial charge in [0.2, 0.25) is 0 Å². The Morgan fingerprint density at radius 2 is 1.71 bits per heavy atom. The first-order valence-corrected chi connectivity index (χ1v) is 8.14. The molecule has 130 valence electrons. The second-order valence-electron chi connectivity index (χ2n) is 6.14. The summed E-state index contributed by atoms with van der Waals surface area (Å²) < 4.78 is 38.0. The molecule has 0 bridgehead atoms. The third-order valence-electron chi connectivity index (χ3n) is 4.07. The molecule has 0 N–H and O–H groups in total. The van der Waals surface area contributed by atoms with Crippen LogP contribution in [0.1, 0.15) is 43.5 Å². The molecule has 0 fully saturated rings. The zero-order valence-corrected chi connectivity index (χ0v) is 14.3. The quantitative estimate of drug-likeness (QED) is 0.686.